The van der Waals surface area contributed by atoms with Gasteiger partial charge in [0.05, 0.1) is 11.4 Å². The second kappa shape index (κ2) is 5.90. The van der Waals surface area contributed by atoms with Crippen molar-refractivity contribution in [2.24, 2.45) is 0 Å². The minimum Gasteiger partial charge on any atom is -0.342 e. The molecule has 2 rings (SSSR count). The van der Waals surface area contributed by atoms with Gasteiger partial charge in [0, 0.05) is 18.1 Å². The second-order valence-corrected chi connectivity index (χ2v) is 6.57. The summed E-state index contributed by atoms with van der Waals surface area (Å²) < 4.78 is 26.2. The minimum absolute atomic E-state index is 0.103. The van der Waals surface area contributed by atoms with Crippen molar-refractivity contribution in [2.75, 3.05) is 19.6 Å². The number of likely N-dealkylation sites (tertiary alicyclic amines) is 1. The molecular weight excluding hydrogens is 288 g/mol. The Kier molecular flexibility index (Phi) is 4.44. The highest BCUT2D eigenvalue weighted by Crippen LogP contribution is 2.14. The molecule has 104 valence electrons. The van der Waals surface area contributed by atoms with Gasteiger partial charge in [0.2, 0.25) is 15.9 Å². The van der Waals surface area contributed by atoms with Crippen LogP contribution in [0, 0.1) is 0 Å². The van der Waals surface area contributed by atoms with Crippen molar-refractivity contribution in [3.8, 4) is 0 Å². The van der Waals surface area contributed by atoms with Gasteiger partial charge >= 0.3 is 0 Å². The van der Waals surface area contributed by atoms with Gasteiger partial charge in [0.25, 0.3) is 0 Å². The standard InChI is InChI=1S/C12H15ClN2O3S/c13-10-3-5-11(6-4-10)19(17,18)14-9-12(16)15-7-1-2-8-15/h3-6,14H,1-2,7-9H2. The molecule has 19 heavy (non-hydrogen) atoms. The van der Waals surface area contributed by atoms with Gasteiger partial charge in [0.1, 0.15) is 0 Å². The van der Waals surface area contributed by atoms with Crippen LogP contribution in [0.5, 0.6) is 0 Å². The normalized spacial score (nSPS) is 15.7. The van der Waals surface area contributed by atoms with E-state index in [4.69, 9.17) is 11.6 Å². The molecule has 1 saturated heterocycles. The van der Waals surface area contributed by atoms with Crippen LogP contribution in [0.4, 0.5) is 0 Å². The van der Waals surface area contributed by atoms with Crippen molar-refractivity contribution < 1.29 is 13.2 Å². The SMILES string of the molecule is O=C(CNS(=O)(=O)c1ccc(Cl)cc1)N1CCCC1. The number of nitrogens with zero attached hydrogens (tertiary/aromatic N) is 1. The maximum atomic E-state index is 11.9. The highest BCUT2D eigenvalue weighted by Gasteiger charge is 2.20. The van der Waals surface area contributed by atoms with Crippen LogP contribution >= 0.6 is 11.6 Å². The Labute approximate surface area is 117 Å². The number of sulfonamides is 1. The van der Waals surface area contributed by atoms with Gasteiger partial charge in [-0.3, -0.25) is 4.79 Å². The molecular formula is C12H15ClN2O3S. The fraction of sp³-hybridized carbons (Fsp3) is 0.417. The smallest absolute Gasteiger partial charge is 0.241 e. The monoisotopic (exact) mass is 302 g/mol. The average molecular weight is 303 g/mol. The first-order chi connectivity index (χ1) is 8.99. The van der Waals surface area contributed by atoms with E-state index in [9.17, 15) is 13.2 Å². The zero-order valence-electron chi connectivity index (χ0n) is 10.3. The van der Waals surface area contributed by atoms with E-state index >= 15 is 0 Å². The van der Waals surface area contributed by atoms with Crippen LogP contribution in [0.2, 0.25) is 5.02 Å². The third kappa shape index (κ3) is 3.68. The van der Waals surface area contributed by atoms with Crippen molar-refractivity contribution in [2.45, 2.75) is 17.7 Å². The zero-order valence-corrected chi connectivity index (χ0v) is 11.9. The molecule has 0 bridgehead atoms. The maximum absolute atomic E-state index is 11.9. The van der Waals surface area contributed by atoms with E-state index in [1.165, 1.54) is 24.3 Å². The molecule has 0 atom stereocenters. The fourth-order valence-electron chi connectivity index (χ4n) is 1.93. The average Bonchev–Trinajstić information content (AvgIpc) is 2.90. The zero-order chi connectivity index (χ0) is 13.9. The number of carbonyl (C=O) groups excluding carboxylic acids is 1. The summed E-state index contributed by atoms with van der Waals surface area (Å²) in [5.41, 5.74) is 0. The number of rotatable bonds is 4. The molecule has 1 aliphatic heterocycles. The molecule has 0 unspecified atom stereocenters. The molecule has 1 aliphatic rings. The molecule has 1 aromatic carbocycles. The van der Waals surface area contributed by atoms with Crippen LogP contribution in [0.25, 0.3) is 0 Å². The summed E-state index contributed by atoms with van der Waals surface area (Å²) in [4.78, 5) is 13.5. The van der Waals surface area contributed by atoms with Gasteiger partial charge in [0.15, 0.2) is 0 Å². The summed E-state index contributed by atoms with van der Waals surface area (Å²) >= 11 is 5.70. The van der Waals surface area contributed by atoms with Crippen LogP contribution in [0.1, 0.15) is 12.8 Å². The molecule has 1 N–H and O–H groups in total. The summed E-state index contributed by atoms with van der Waals surface area (Å²) in [6.45, 7) is 1.22. The number of hydrogen-bond acceptors (Lipinski definition) is 3. The predicted molar refractivity (Wildman–Crippen MR) is 72.5 cm³/mol. The summed E-state index contributed by atoms with van der Waals surface area (Å²) in [5.74, 6) is -0.185. The number of halogens is 1. The van der Waals surface area contributed by atoms with E-state index in [0.717, 1.165) is 12.8 Å². The molecule has 1 aromatic rings. The Balaban J connectivity index is 1.97. The molecule has 7 heteroatoms. The minimum atomic E-state index is -3.66. The molecule has 1 fully saturated rings. The van der Waals surface area contributed by atoms with Gasteiger partial charge in [-0.05, 0) is 37.1 Å². The lowest BCUT2D eigenvalue weighted by atomic mass is 10.4. The lowest BCUT2D eigenvalue weighted by Crippen LogP contribution is -2.38. The molecule has 0 radical (unpaired) electrons. The number of amides is 1. The van der Waals surface area contributed by atoms with E-state index < -0.39 is 10.0 Å². The lowest BCUT2D eigenvalue weighted by molar-refractivity contribution is -0.128. The van der Waals surface area contributed by atoms with Crippen molar-refractivity contribution in [1.82, 2.24) is 9.62 Å². The van der Waals surface area contributed by atoms with Gasteiger partial charge < -0.3 is 4.90 Å². The number of hydrogen-bond donors (Lipinski definition) is 1. The quantitative estimate of drug-likeness (QED) is 0.910. The largest absolute Gasteiger partial charge is 0.342 e. The molecule has 0 spiro atoms. The molecule has 1 heterocycles. The van der Waals surface area contributed by atoms with Crippen LogP contribution < -0.4 is 4.72 Å². The molecule has 0 aliphatic carbocycles. The van der Waals surface area contributed by atoms with Gasteiger partial charge in [-0.15, -0.1) is 0 Å². The van der Waals surface area contributed by atoms with E-state index in [1.807, 2.05) is 0 Å². The Hall–Kier alpha value is -1.11. The Morgan fingerprint density at radius 1 is 1.21 bits per heavy atom. The van der Waals surface area contributed by atoms with Crippen LogP contribution in [0.15, 0.2) is 29.2 Å². The van der Waals surface area contributed by atoms with Gasteiger partial charge in [-0.25, -0.2) is 13.1 Å². The van der Waals surface area contributed by atoms with Crippen molar-refractivity contribution in [3.05, 3.63) is 29.3 Å². The molecule has 0 aromatic heterocycles. The van der Waals surface area contributed by atoms with Gasteiger partial charge in [-0.1, -0.05) is 11.6 Å². The molecule has 1 amide bonds. The first kappa shape index (κ1) is 14.3. The molecule has 5 nitrogen and oxygen atoms in total. The maximum Gasteiger partial charge on any atom is 0.241 e. The summed E-state index contributed by atoms with van der Waals surface area (Å²) in [6.07, 6.45) is 1.96. The predicted octanol–water partition coefficient (Wildman–Crippen LogP) is 1.24. The van der Waals surface area contributed by atoms with Gasteiger partial charge in [-0.2, -0.15) is 0 Å². The van der Waals surface area contributed by atoms with Crippen molar-refractivity contribution >= 4 is 27.5 Å². The van der Waals surface area contributed by atoms with Crippen LogP contribution in [-0.2, 0) is 14.8 Å². The highest BCUT2D eigenvalue weighted by atomic mass is 35.5. The van der Waals surface area contributed by atoms with Crippen molar-refractivity contribution in [3.63, 3.8) is 0 Å². The number of benzene rings is 1. The summed E-state index contributed by atoms with van der Waals surface area (Å²) in [6, 6.07) is 5.81. The van der Waals surface area contributed by atoms with E-state index in [1.54, 1.807) is 4.90 Å². The Morgan fingerprint density at radius 3 is 2.37 bits per heavy atom. The Morgan fingerprint density at radius 2 is 1.79 bits per heavy atom. The summed E-state index contributed by atoms with van der Waals surface area (Å²) in [7, 11) is -3.66. The van der Waals surface area contributed by atoms with E-state index in [2.05, 4.69) is 4.72 Å². The first-order valence-corrected chi connectivity index (χ1v) is 7.88. The topological polar surface area (TPSA) is 66.5 Å². The first-order valence-electron chi connectivity index (χ1n) is 6.02. The molecule has 0 saturated carbocycles. The third-order valence-corrected chi connectivity index (χ3v) is 4.67. The second-order valence-electron chi connectivity index (χ2n) is 4.37. The van der Waals surface area contributed by atoms with Crippen molar-refractivity contribution in [1.29, 1.82) is 0 Å². The fourth-order valence-corrected chi connectivity index (χ4v) is 3.03. The third-order valence-electron chi connectivity index (χ3n) is 3.00. The lowest BCUT2D eigenvalue weighted by Gasteiger charge is -2.15. The summed E-state index contributed by atoms with van der Waals surface area (Å²) in [5, 5.41) is 0.465. The number of carbonyl (C=O) groups is 1. The van der Waals surface area contributed by atoms with Crippen LogP contribution in [-0.4, -0.2) is 38.9 Å². The van der Waals surface area contributed by atoms with Crippen LogP contribution in [0.3, 0.4) is 0 Å². The highest BCUT2D eigenvalue weighted by molar-refractivity contribution is 7.89. The Bertz CT molecular complexity index is 551. The van der Waals surface area contributed by atoms with E-state index in [-0.39, 0.29) is 17.3 Å². The number of nitrogens with one attached hydrogen (secondary N) is 1. The van der Waals surface area contributed by atoms with E-state index in [0.29, 0.717) is 18.1 Å².